The van der Waals surface area contributed by atoms with E-state index in [1.54, 1.807) is 0 Å². The molecule has 0 aliphatic rings. The van der Waals surface area contributed by atoms with E-state index < -0.39 is 0 Å². The minimum Gasteiger partial charge on any atom is -0.314 e. The standard InChI is InChI=1S/C15H12ClN/c1-11-9-12-7-8-13(16)10-15(12)17(11)14-5-3-2-4-6-14/h2-10H,1H3. The van der Waals surface area contributed by atoms with Crippen molar-refractivity contribution in [3.05, 3.63) is 65.3 Å². The minimum absolute atomic E-state index is 0.771. The number of nitrogens with zero attached hydrogens (tertiary/aromatic N) is 1. The van der Waals surface area contributed by atoms with Crippen LogP contribution in [0, 0.1) is 6.92 Å². The lowest BCUT2D eigenvalue weighted by Gasteiger charge is -2.08. The summed E-state index contributed by atoms with van der Waals surface area (Å²) in [7, 11) is 0. The average Bonchev–Trinajstić information content (AvgIpc) is 2.65. The van der Waals surface area contributed by atoms with Crippen LogP contribution in [-0.4, -0.2) is 4.57 Å². The highest BCUT2D eigenvalue weighted by atomic mass is 35.5. The van der Waals surface area contributed by atoms with Gasteiger partial charge in [0.15, 0.2) is 0 Å². The molecule has 1 nitrogen and oxygen atoms in total. The zero-order valence-corrected chi connectivity index (χ0v) is 10.3. The van der Waals surface area contributed by atoms with Gasteiger partial charge in [-0.1, -0.05) is 35.9 Å². The van der Waals surface area contributed by atoms with Gasteiger partial charge in [0.1, 0.15) is 0 Å². The quantitative estimate of drug-likeness (QED) is 0.587. The van der Waals surface area contributed by atoms with Crippen molar-refractivity contribution < 1.29 is 0 Å². The first kappa shape index (κ1) is 10.4. The summed E-state index contributed by atoms with van der Waals surface area (Å²) in [5.41, 5.74) is 3.54. The van der Waals surface area contributed by atoms with Gasteiger partial charge in [0.05, 0.1) is 5.52 Å². The second kappa shape index (κ2) is 3.94. The van der Waals surface area contributed by atoms with E-state index in [-0.39, 0.29) is 0 Å². The smallest absolute Gasteiger partial charge is 0.0546 e. The van der Waals surface area contributed by atoms with Gasteiger partial charge in [-0.15, -0.1) is 0 Å². The molecule has 1 heterocycles. The van der Waals surface area contributed by atoms with Gasteiger partial charge in [0.25, 0.3) is 0 Å². The highest BCUT2D eigenvalue weighted by Gasteiger charge is 2.07. The summed E-state index contributed by atoms with van der Waals surface area (Å²) < 4.78 is 2.22. The van der Waals surface area contributed by atoms with Gasteiger partial charge in [-0.25, -0.2) is 0 Å². The highest BCUT2D eigenvalue weighted by Crippen LogP contribution is 2.26. The molecule has 3 rings (SSSR count). The summed E-state index contributed by atoms with van der Waals surface area (Å²) in [5, 5.41) is 1.99. The first-order chi connectivity index (χ1) is 8.25. The largest absolute Gasteiger partial charge is 0.314 e. The number of hydrogen-bond acceptors (Lipinski definition) is 0. The summed E-state index contributed by atoms with van der Waals surface area (Å²) in [6.45, 7) is 2.11. The van der Waals surface area contributed by atoms with E-state index in [9.17, 15) is 0 Å². The first-order valence-corrected chi connectivity index (χ1v) is 5.96. The van der Waals surface area contributed by atoms with Crippen LogP contribution in [0.2, 0.25) is 5.02 Å². The molecule has 0 aliphatic carbocycles. The molecule has 2 heteroatoms. The van der Waals surface area contributed by atoms with Crippen LogP contribution >= 0.6 is 11.6 Å². The topological polar surface area (TPSA) is 4.93 Å². The second-order valence-electron chi connectivity index (χ2n) is 4.16. The predicted molar refractivity (Wildman–Crippen MR) is 73.0 cm³/mol. The number of halogens is 1. The summed E-state index contributed by atoms with van der Waals surface area (Å²) in [6, 6.07) is 18.5. The monoisotopic (exact) mass is 241 g/mol. The third-order valence-corrected chi connectivity index (χ3v) is 3.20. The van der Waals surface area contributed by atoms with Crippen LogP contribution in [0.1, 0.15) is 5.69 Å². The number of para-hydroxylation sites is 1. The number of benzene rings is 2. The maximum Gasteiger partial charge on any atom is 0.0546 e. The lowest BCUT2D eigenvalue weighted by molar-refractivity contribution is 1.05. The number of aryl methyl sites for hydroxylation is 1. The number of fused-ring (bicyclic) bond motifs is 1. The predicted octanol–water partition coefficient (Wildman–Crippen LogP) is 4.59. The molecule has 0 N–H and O–H groups in total. The molecule has 0 radical (unpaired) electrons. The SMILES string of the molecule is Cc1cc2ccc(Cl)cc2n1-c1ccccc1. The summed E-state index contributed by atoms with van der Waals surface area (Å²) in [6.07, 6.45) is 0. The molecule has 1 aromatic heterocycles. The maximum atomic E-state index is 6.07. The molecule has 0 unspecified atom stereocenters. The summed E-state index contributed by atoms with van der Waals surface area (Å²) in [4.78, 5) is 0. The third-order valence-electron chi connectivity index (χ3n) is 2.96. The van der Waals surface area contributed by atoms with Crippen molar-refractivity contribution >= 4 is 22.5 Å². The summed E-state index contributed by atoms with van der Waals surface area (Å²) in [5.74, 6) is 0. The van der Waals surface area contributed by atoms with E-state index in [1.807, 2.05) is 30.3 Å². The van der Waals surface area contributed by atoms with Crippen molar-refractivity contribution in [1.82, 2.24) is 4.57 Å². The minimum atomic E-state index is 0.771. The van der Waals surface area contributed by atoms with Gasteiger partial charge in [0.2, 0.25) is 0 Å². The number of aromatic nitrogens is 1. The van der Waals surface area contributed by atoms with Crippen LogP contribution in [0.25, 0.3) is 16.6 Å². The molecule has 84 valence electrons. The van der Waals surface area contributed by atoms with Crippen molar-refractivity contribution in [1.29, 1.82) is 0 Å². The molecule has 0 spiro atoms. The molecular formula is C15H12ClN. The highest BCUT2D eigenvalue weighted by molar-refractivity contribution is 6.31. The first-order valence-electron chi connectivity index (χ1n) is 5.59. The Hall–Kier alpha value is -1.73. The fraction of sp³-hybridized carbons (Fsp3) is 0.0667. The summed E-state index contributed by atoms with van der Waals surface area (Å²) >= 11 is 6.07. The molecule has 17 heavy (non-hydrogen) atoms. The molecule has 0 bridgehead atoms. The fourth-order valence-electron chi connectivity index (χ4n) is 2.23. The van der Waals surface area contributed by atoms with E-state index in [2.05, 4.69) is 35.8 Å². The van der Waals surface area contributed by atoms with E-state index in [0.29, 0.717) is 0 Å². The van der Waals surface area contributed by atoms with Gasteiger partial charge in [-0.2, -0.15) is 0 Å². The van der Waals surface area contributed by atoms with Crippen molar-refractivity contribution in [2.75, 3.05) is 0 Å². The molecule has 0 aliphatic heterocycles. The van der Waals surface area contributed by atoms with Gasteiger partial charge in [-0.05, 0) is 37.3 Å². The zero-order chi connectivity index (χ0) is 11.8. The molecule has 3 aromatic rings. The van der Waals surface area contributed by atoms with Crippen molar-refractivity contribution in [2.45, 2.75) is 6.92 Å². The van der Waals surface area contributed by atoms with Crippen molar-refractivity contribution in [3.63, 3.8) is 0 Å². The van der Waals surface area contributed by atoms with Crippen LogP contribution in [0.15, 0.2) is 54.6 Å². The Morgan fingerprint density at radius 1 is 0.941 bits per heavy atom. The van der Waals surface area contributed by atoms with Gasteiger partial charge < -0.3 is 4.57 Å². The molecular weight excluding hydrogens is 230 g/mol. The van der Waals surface area contributed by atoms with Crippen LogP contribution in [0.3, 0.4) is 0 Å². The van der Waals surface area contributed by atoms with E-state index in [1.165, 1.54) is 16.8 Å². The Labute approximate surface area is 105 Å². The van der Waals surface area contributed by atoms with E-state index in [4.69, 9.17) is 11.6 Å². The molecule has 0 saturated carbocycles. The molecule has 2 aromatic carbocycles. The van der Waals surface area contributed by atoms with Gasteiger partial charge in [0, 0.05) is 21.8 Å². The van der Waals surface area contributed by atoms with Crippen LogP contribution in [0.4, 0.5) is 0 Å². The average molecular weight is 242 g/mol. The van der Waals surface area contributed by atoms with Crippen LogP contribution in [0.5, 0.6) is 0 Å². The number of hydrogen-bond donors (Lipinski definition) is 0. The Kier molecular flexibility index (Phi) is 2.41. The Bertz CT molecular complexity index is 668. The van der Waals surface area contributed by atoms with E-state index in [0.717, 1.165) is 10.5 Å². The van der Waals surface area contributed by atoms with Gasteiger partial charge >= 0.3 is 0 Å². The van der Waals surface area contributed by atoms with Crippen molar-refractivity contribution in [2.24, 2.45) is 0 Å². The van der Waals surface area contributed by atoms with Gasteiger partial charge in [-0.3, -0.25) is 0 Å². The molecule has 0 saturated heterocycles. The maximum absolute atomic E-state index is 6.07. The second-order valence-corrected chi connectivity index (χ2v) is 4.60. The Balaban J connectivity index is 2.35. The Morgan fingerprint density at radius 2 is 1.71 bits per heavy atom. The zero-order valence-electron chi connectivity index (χ0n) is 9.52. The lowest BCUT2D eigenvalue weighted by atomic mass is 10.2. The molecule has 0 atom stereocenters. The Morgan fingerprint density at radius 3 is 2.47 bits per heavy atom. The third kappa shape index (κ3) is 1.73. The molecule has 0 amide bonds. The number of rotatable bonds is 1. The fourth-order valence-corrected chi connectivity index (χ4v) is 2.40. The normalized spacial score (nSPS) is 10.9. The molecule has 0 fully saturated rings. The lowest BCUT2D eigenvalue weighted by Crippen LogP contribution is -1.95. The van der Waals surface area contributed by atoms with Crippen LogP contribution < -0.4 is 0 Å². The van der Waals surface area contributed by atoms with E-state index >= 15 is 0 Å². The van der Waals surface area contributed by atoms with Crippen LogP contribution in [-0.2, 0) is 0 Å². The van der Waals surface area contributed by atoms with Crippen molar-refractivity contribution in [3.8, 4) is 5.69 Å².